The molecule has 0 amide bonds. The minimum atomic E-state index is -0.264. The molecular formula is C20H14Cl3NO3. The highest BCUT2D eigenvalue weighted by Crippen LogP contribution is 2.33. The summed E-state index contributed by atoms with van der Waals surface area (Å²) in [6, 6.07) is 10.1. The predicted octanol–water partition coefficient (Wildman–Crippen LogP) is 6.11. The first kappa shape index (κ1) is 19.5. The first-order valence-corrected chi connectivity index (χ1v) is 8.96. The fraction of sp³-hybridized carbons (Fsp3) is 0.100. The molecule has 1 heterocycles. The zero-order valence-corrected chi connectivity index (χ0v) is 16.7. The smallest absolute Gasteiger partial charge is 0.187 e. The van der Waals surface area contributed by atoms with Gasteiger partial charge in [-0.2, -0.15) is 0 Å². The number of carbonyl (C=O) groups excluding carboxylic acids is 1. The van der Waals surface area contributed by atoms with Crippen LogP contribution in [0.4, 0.5) is 0 Å². The molecule has 0 N–H and O–H groups in total. The number of nitrogens with zero attached hydrogens (tertiary/aromatic N) is 1. The predicted molar refractivity (Wildman–Crippen MR) is 110 cm³/mol. The minimum Gasteiger partial charge on any atom is -0.493 e. The highest BCUT2D eigenvalue weighted by molar-refractivity contribution is 6.37. The van der Waals surface area contributed by atoms with Crippen LogP contribution in [-0.2, 0) is 0 Å². The molecule has 7 heteroatoms. The first-order valence-electron chi connectivity index (χ1n) is 7.82. The fourth-order valence-electron chi connectivity index (χ4n) is 2.56. The second kappa shape index (κ2) is 8.17. The Labute approximate surface area is 171 Å². The number of hydrogen-bond donors (Lipinski definition) is 0. The molecule has 0 aliphatic rings. The van der Waals surface area contributed by atoms with E-state index < -0.39 is 0 Å². The van der Waals surface area contributed by atoms with Gasteiger partial charge in [-0.15, -0.1) is 0 Å². The molecule has 0 saturated heterocycles. The van der Waals surface area contributed by atoms with E-state index in [-0.39, 0.29) is 16.0 Å². The summed E-state index contributed by atoms with van der Waals surface area (Å²) in [5, 5.41) is 1.82. The molecule has 0 bridgehead atoms. The van der Waals surface area contributed by atoms with Crippen LogP contribution >= 0.6 is 34.8 Å². The summed E-state index contributed by atoms with van der Waals surface area (Å²) >= 11 is 18.2. The minimum absolute atomic E-state index is 0.264. The van der Waals surface area contributed by atoms with Gasteiger partial charge in [0.1, 0.15) is 5.15 Å². The van der Waals surface area contributed by atoms with Crippen LogP contribution in [0.1, 0.15) is 15.9 Å². The van der Waals surface area contributed by atoms with Crippen molar-refractivity contribution in [1.82, 2.24) is 4.98 Å². The number of allylic oxidation sites excluding steroid dienone is 1. The summed E-state index contributed by atoms with van der Waals surface area (Å²) in [6.45, 7) is 0. The average molecular weight is 423 g/mol. The molecule has 0 radical (unpaired) electrons. The zero-order chi connectivity index (χ0) is 19.6. The van der Waals surface area contributed by atoms with Gasteiger partial charge in [-0.1, -0.05) is 34.8 Å². The number of ketones is 1. The lowest BCUT2D eigenvalue weighted by Gasteiger charge is -2.09. The molecule has 0 unspecified atom stereocenters. The van der Waals surface area contributed by atoms with Crippen molar-refractivity contribution in [2.24, 2.45) is 0 Å². The molecule has 0 saturated carbocycles. The van der Waals surface area contributed by atoms with Crippen LogP contribution in [0.3, 0.4) is 0 Å². The Bertz CT molecular complexity index is 1060. The van der Waals surface area contributed by atoms with Gasteiger partial charge in [0.2, 0.25) is 0 Å². The average Bonchev–Trinajstić information content (AvgIpc) is 2.65. The topological polar surface area (TPSA) is 48.4 Å². The van der Waals surface area contributed by atoms with E-state index >= 15 is 0 Å². The van der Waals surface area contributed by atoms with Gasteiger partial charge in [-0.25, -0.2) is 4.98 Å². The van der Waals surface area contributed by atoms with E-state index in [1.54, 1.807) is 44.6 Å². The highest BCUT2D eigenvalue weighted by Gasteiger charge is 2.11. The van der Waals surface area contributed by atoms with Crippen molar-refractivity contribution in [1.29, 1.82) is 0 Å². The monoisotopic (exact) mass is 421 g/mol. The van der Waals surface area contributed by atoms with E-state index in [2.05, 4.69) is 4.98 Å². The highest BCUT2D eigenvalue weighted by atomic mass is 35.5. The molecule has 27 heavy (non-hydrogen) atoms. The summed E-state index contributed by atoms with van der Waals surface area (Å²) in [6.07, 6.45) is 2.99. The van der Waals surface area contributed by atoms with Crippen LogP contribution < -0.4 is 9.47 Å². The standard InChI is InChI=1S/C20H14Cl3NO3/c1-26-18-8-12-7-11(20(23)24-16(12)10-19(18)27-2)3-6-17(25)14-5-4-13(21)9-15(14)22/h3-10H,1-2H3. The Kier molecular flexibility index (Phi) is 5.90. The SMILES string of the molecule is COc1cc2cc(C=CC(=O)c3ccc(Cl)cc3Cl)c(Cl)nc2cc1OC. The molecule has 0 spiro atoms. The maximum atomic E-state index is 12.4. The lowest BCUT2D eigenvalue weighted by atomic mass is 10.1. The van der Waals surface area contributed by atoms with Gasteiger partial charge in [-0.3, -0.25) is 4.79 Å². The third-order valence-electron chi connectivity index (χ3n) is 3.91. The maximum Gasteiger partial charge on any atom is 0.187 e. The van der Waals surface area contributed by atoms with Gasteiger partial charge in [-0.05, 0) is 42.5 Å². The van der Waals surface area contributed by atoms with E-state index in [4.69, 9.17) is 44.3 Å². The maximum absolute atomic E-state index is 12.4. The molecule has 0 aliphatic heterocycles. The normalized spacial score (nSPS) is 11.1. The Hall–Kier alpha value is -2.27. The Morgan fingerprint density at radius 1 is 1.00 bits per heavy atom. The molecule has 1 aromatic heterocycles. The van der Waals surface area contributed by atoms with Crippen LogP contribution in [0.15, 0.2) is 42.5 Å². The van der Waals surface area contributed by atoms with Crippen molar-refractivity contribution in [3.63, 3.8) is 0 Å². The molecule has 4 nitrogen and oxygen atoms in total. The van der Waals surface area contributed by atoms with E-state index in [1.807, 2.05) is 6.07 Å². The largest absolute Gasteiger partial charge is 0.493 e. The van der Waals surface area contributed by atoms with Crippen LogP contribution in [0.25, 0.3) is 17.0 Å². The lowest BCUT2D eigenvalue weighted by Crippen LogP contribution is -1.96. The number of methoxy groups -OCH3 is 2. The van der Waals surface area contributed by atoms with Gasteiger partial charge < -0.3 is 9.47 Å². The van der Waals surface area contributed by atoms with Gasteiger partial charge in [0.15, 0.2) is 17.3 Å². The second-order valence-corrected chi connectivity index (χ2v) is 6.79. The number of rotatable bonds is 5. The molecule has 0 atom stereocenters. The summed E-state index contributed by atoms with van der Waals surface area (Å²) in [7, 11) is 3.11. The van der Waals surface area contributed by atoms with Gasteiger partial charge in [0.25, 0.3) is 0 Å². The van der Waals surface area contributed by atoms with E-state index in [9.17, 15) is 4.79 Å². The van der Waals surface area contributed by atoms with Crippen LogP contribution in [-0.4, -0.2) is 25.0 Å². The summed E-state index contributed by atoms with van der Waals surface area (Å²) in [4.78, 5) is 16.8. The lowest BCUT2D eigenvalue weighted by molar-refractivity contribution is 0.104. The molecule has 138 valence electrons. The van der Waals surface area contributed by atoms with Crippen LogP contribution in [0.2, 0.25) is 15.2 Å². The number of fused-ring (bicyclic) bond motifs is 1. The number of halogens is 3. The number of benzene rings is 2. The summed E-state index contributed by atoms with van der Waals surface area (Å²) < 4.78 is 10.6. The number of hydrogen-bond acceptors (Lipinski definition) is 4. The molecular weight excluding hydrogens is 409 g/mol. The number of aromatic nitrogens is 1. The molecule has 3 rings (SSSR count). The van der Waals surface area contributed by atoms with Gasteiger partial charge in [0.05, 0.1) is 24.8 Å². The van der Waals surface area contributed by atoms with Crippen molar-refractivity contribution in [3.05, 3.63) is 68.8 Å². The van der Waals surface area contributed by atoms with E-state index in [0.717, 1.165) is 5.39 Å². The third kappa shape index (κ3) is 4.19. The fourth-order valence-corrected chi connectivity index (χ4v) is 3.27. The Morgan fingerprint density at radius 2 is 1.70 bits per heavy atom. The van der Waals surface area contributed by atoms with Gasteiger partial charge >= 0.3 is 0 Å². The van der Waals surface area contributed by atoms with E-state index in [1.165, 1.54) is 12.1 Å². The second-order valence-electron chi connectivity index (χ2n) is 5.59. The first-order chi connectivity index (χ1) is 12.9. The van der Waals surface area contributed by atoms with Crippen molar-refractivity contribution in [3.8, 4) is 11.5 Å². The number of carbonyl (C=O) groups is 1. The van der Waals surface area contributed by atoms with Crippen molar-refractivity contribution in [2.45, 2.75) is 0 Å². The number of ether oxygens (including phenoxy) is 2. The zero-order valence-electron chi connectivity index (χ0n) is 14.4. The molecule has 3 aromatic rings. The summed E-state index contributed by atoms with van der Waals surface area (Å²) in [5.74, 6) is 0.873. The van der Waals surface area contributed by atoms with Crippen molar-refractivity contribution < 1.29 is 14.3 Å². The summed E-state index contributed by atoms with van der Waals surface area (Å²) in [5.41, 5.74) is 1.60. The quantitative estimate of drug-likeness (QED) is 0.283. The Balaban J connectivity index is 1.97. The van der Waals surface area contributed by atoms with Gasteiger partial charge in [0, 0.05) is 27.6 Å². The molecule has 0 aliphatic carbocycles. The van der Waals surface area contributed by atoms with Crippen LogP contribution in [0.5, 0.6) is 11.5 Å². The molecule has 0 fully saturated rings. The van der Waals surface area contributed by atoms with Crippen molar-refractivity contribution in [2.75, 3.05) is 14.2 Å². The van der Waals surface area contributed by atoms with Crippen molar-refractivity contribution >= 4 is 57.6 Å². The van der Waals surface area contributed by atoms with E-state index in [0.29, 0.717) is 33.2 Å². The number of pyridine rings is 1. The Morgan fingerprint density at radius 3 is 2.37 bits per heavy atom. The third-order valence-corrected chi connectivity index (χ3v) is 4.76. The molecule has 2 aromatic carbocycles. The van der Waals surface area contributed by atoms with Crippen LogP contribution in [0, 0.1) is 0 Å².